The Morgan fingerprint density at radius 2 is 2.19 bits per heavy atom. The lowest BCUT2D eigenvalue weighted by Gasteiger charge is -2.28. The lowest BCUT2D eigenvalue weighted by atomic mass is 10.2. The number of pyridine rings is 1. The quantitative estimate of drug-likeness (QED) is 0.821. The SMILES string of the molecule is Cc1c[nH]c2ncc(N3CCSCC3)cc12. The van der Waals surface area contributed by atoms with E-state index in [1.165, 1.54) is 28.1 Å². The van der Waals surface area contributed by atoms with Crippen molar-refractivity contribution in [3.05, 3.63) is 24.0 Å². The van der Waals surface area contributed by atoms with Crippen LogP contribution >= 0.6 is 11.8 Å². The molecule has 2 aromatic heterocycles. The number of anilines is 1. The Hall–Kier alpha value is -1.16. The maximum atomic E-state index is 4.47. The first-order valence-corrected chi connectivity index (χ1v) is 6.76. The van der Waals surface area contributed by atoms with Gasteiger partial charge in [0.15, 0.2) is 0 Å². The molecule has 0 saturated carbocycles. The average Bonchev–Trinajstić information content (AvgIpc) is 2.72. The predicted octanol–water partition coefficient (Wildman–Crippen LogP) is 2.42. The number of nitrogens with one attached hydrogen (secondary N) is 1. The molecule has 3 nitrogen and oxygen atoms in total. The van der Waals surface area contributed by atoms with Gasteiger partial charge in [0.1, 0.15) is 5.65 Å². The molecule has 16 heavy (non-hydrogen) atoms. The second-order valence-corrected chi connectivity index (χ2v) is 5.39. The summed E-state index contributed by atoms with van der Waals surface area (Å²) < 4.78 is 0. The maximum Gasteiger partial charge on any atom is 0.137 e. The van der Waals surface area contributed by atoms with Crippen LogP contribution in [0.2, 0.25) is 0 Å². The molecule has 0 aromatic carbocycles. The summed E-state index contributed by atoms with van der Waals surface area (Å²) in [7, 11) is 0. The van der Waals surface area contributed by atoms with Gasteiger partial charge < -0.3 is 9.88 Å². The van der Waals surface area contributed by atoms with Gasteiger partial charge in [-0.1, -0.05) is 0 Å². The Morgan fingerprint density at radius 1 is 1.38 bits per heavy atom. The minimum absolute atomic E-state index is 0.993. The van der Waals surface area contributed by atoms with E-state index in [-0.39, 0.29) is 0 Å². The van der Waals surface area contributed by atoms with Crippen LogP contribution in [0.3, 0.4) is 0 Å². The minimum Gasteiger partial charge on any atom is -0.369 e. The second-order valence-electron chi connectivity index (χ2n) is 4.16. The molecule has 2 aromatic rings. The van der Waals surface area contributed by atoms with E-state index in [4.69, 9.17) is 0 Å². The van der Waals surface area contributed by atoms with Gasteiger partial charge in [-0.05, 0) is 18.6 Å². The minimum atomic E-state index is 0.993. The molecule has 3 rings (SSSR count). The van der Waals surface area contributed by atoms with Gasteiger partial charge in [0.2, 0.25) is 0 Å². The Bertz CT molecular complexity index is 500. The fourth-order valence-corrected chi connectivity index (χ4v) is 3.02. The number of fused-ring (bicyclic) bond motifs is 1. The van der Waals surface area contributed by atoms with Gasteiger partial charge in [0.25, 0.3) is 0 Å². The van der Waals surface area contributed by atoms with E-state index in [9.17, 15) is 0 Å². The van der Waals surface area contributed by atoms with E-state index in [0.717, 1.165) is 18.7 Å². The van der Waals surface area contributed by atoms with Crippen LogP contribution in [0.25, 0.3) is 11.0 Å². The summed E-state index contributed by atoms with van der Waals surface area (Å²) in [6.45, 7) is 4.40. The van der Waals surface area contributed by atoms with Gasteiger partial charge >= 0.3 is 0 Å². The van der Waals surface area contributed by atoms with Crippen molar-refractivity contribution in [2.45, 2.75) is 6.92 Å². The summed E-state index contributed by atoms with van der Waals surface area (Å²) in [5.74, 6) is 2.45. The second kappa shape index (κ2) is 4.01. The molecule has 0 aliphatic carbocycles. The number of hydrogen-bond acceptors (Lipinski definition) is 3. The monoisotopic (exact) mass is 233 g/mol. The van der Waals surface area contributed by atoms with Crippen molar-refractivity contribution >= 4 is 28.5 Å². The van der Waals surface area contributed by atoms with Crippen molar-refractivity contribution < 1.29 is 0 Å². The van der Waals surface area contributed by atoms with E-state index in [2.05, 4.69) is 27.9 Å². The van der Waals surface area contributed by atoms with E-state index in [0.29, 0.717) is 0 Å². The van der Waals surface area contributed by atoms with Gasteiger partial charge in [-0.25, -0.2) is 4.98 Å². The summed E-state index contributed by atoms with van der Waals surface area (Å²) in [4.78, 5) is 10.1. The van der Waals surface area contributed by atoms with Gasteiger partial charge in [-0.3, -0.25) is 0 Å². The van der Waals surface area contributed by atoms with Crippen LogP contribution in [0, 0.1) is 6.92 Å². The van der Waals surface area contributed by atoms with Crippen LogP contribution in [-0.4, -0.2) is 34.6 Å². The average molecular weight is 233 g/mol. The number of thioether (sulfide) groups is 1. The van der Waals surface area contributed by atoms with Crippen LogP contribution < -0.4 is 4.90 Å². The van der Waals surface area contributed by atoms with Crippen molar-refractivity contribution in [3.63, 3.8) is 0 Å². The Kier molecular flexibility index (Phi) is 2.52. The molecule has 0 unspecified atom stereocenters. The topological polar surface area (TPSA) is 31.9 Å². The van der Waals surface area contributed by atoms with E-state index >= 15 is 0 Å². The number of aromatic nitrogens is 2. The number of nitrogens with zero attached hydrogens (tertiary/aromatic N) is 2. The van der Waals surface area contributed by atoms with E-state index in [1.807, 2.05) is 24.2 Å². The highest BCUT2D eigenvalue weighted by Gasteiger charge is 2.12. The molecular formula is C12H15N3S. The van der Waals surface area contributed by atoms with Crippen molar-refractivity contribution in [1.29, 1.82) is 0 Å². The molecule has 3 heterocycles. The highest BCUT2D eigenvalue weighted by Crippen LogP contribution is 2.24. The summed E-state index contributed by atoms with van der Waals surface area (Å²) in [5, 5.41) is 1.25. The van der Waals surface area contributed by atoms with Gasteiger partial charge in [0.05, 0.1) is 11.9 Å². The van der Waals surface area contributed by atoms with E-state index in [1.54, 1.807) is 0 Å². The van der Waals surface area contributed by atoms with Crippen LogP contribution in [0.5, 0.6) is 0 Å². The molecule has 0 radical (unpaired) electrons. The number of H-pyrrole nitrogens is 1. The molecule has 0 amide bonds. The van der Waals surface area contributed by atoms with Crippen molar-refractivity contribution in [2.24, 2.45) is 0 Å². The van der Waals surface area contributed by atoms with Gasteiger partial charge in [0, 0.05) is 36.2 Å². The summed E-state index contributed by atoms with van der Waals surface area (Å²) in [5.41, 5.74) is 3.53. The van der Waals surface area contributed by atoms with Crippen LogP contribution in [0.1, 0.15) is 5.56 Å². The van der Waals surface area contributed by atoms with Crippen LogP contribution in [-0.2, 0) is 0 Å². The molecule has 0 spiro atoms. The molecule has 0 bridgehead atoms. The van der Waals surface area contributed by atoms with Gasteiger partial charge in [-0.2, -0.15) is 11.8 Å². The zero-order chi connectivity index (χ0) is 11.0. The number of aryl methyl sites for hydroxylation is 1. The Labute approximate surface area is 99.2 Å². The fraction of sp³-hybridized carbons (Fsp3) is 0.417. The standard InChI is InChI=1S/C12H15N3S/c1-9-7-13-12-11(9)6-10(8-14-12)15-2-4-16-5-3-15/h6-8H,2-5H2,1H3,(H,13,14). The van der Waals surface area contributed by atoms with Crippen molar-refractivity contribution in [1.82, 2.24) is 9.97 Å². The smallest absolute Gasteiger partial charge is 0.137 e. The molecule has 1 aliphatic rings. The molecule has 1 saturated heterocycles. The third-order valence-electron chi connectivity index (χ3n) is 3.10. The predicted molar refractivity (Wildman–Crippen MR) is 70.4 cm³/mol. The van der Waals surface area contributed by atoms with Crippen LogP contribution in [0.4, 0.5) is 5.69 Å². The fourth-order valence-electron chi connectivity index (χ4n) is 2.12. The molecule has 84 valence electrons. The highest BCUT2D eigenvalue weighted by atomic mass is 32.2. The number of aromatic amines is 1. The third kappa shape index (κ3) is 1.67. The maximum absolute atomic E-state index is 4.47. The number of rotatable bonds is 1. The summed E-state index contributed by atoms with van der Waals surface area (Å²) in [6.07, 6.45) is 4.00. The Balaban J connectivity index is 1.99. The molecule has 1 fully saturated rings. The largest absolute Gasteiger partial charge is 0.369 e. The first-order valence-electron chi connectivity index (χ1n) is 5.61. The normalized spacial score (nSPS) is 16.9. The summed E-state index contributed by atoms with van der Waals surface area (Å²) in [6, 6.07) is 2.25. The first kappa shape index (κ1) is 10.0. The van der Waals surface area contributed by atoms with Gasteiger partial charge in [-0.15, -0.1) is 0 Å². The van der Waals surface area contributed by atoms with Crippen molar-refractivity contribution in [3.8, 4) is 0 Å². The first-order chi connectivity index (χ1) is 7.84. The number of hydrogen-bond donors (Lipinski definition) is 1. The lowest BCUT2D eigenvalue weighted by Crippen LogP contribution is -2.32. The zero-order valence-electron chi connectivity index (χ0n) is 9.36. The third-order valence-corrected chi connectivity index (χ3v) is 4.04. The van der Waals surface area contributed by atoms with Crippen molar-refractivity contribution in [2.75, 3.05) is 29.5 Å². The van der Waals surface area contributed by atoms with E-state index < -0.39 is 0 Å². The summed E-state index contributed by atoms with van der Waals surface area (Å²) >= 11 is 2.03. The highest BCUT2D eigenvalue weighted by molar-refractivity contribution is 7.99. The lowest BCUT2D eigenvalue weighted by molar-refractivity contribution is 0.857. The molecule has 0 atom stereocenters. The molecule has 4 heteroatoms. The zero-order valence-corrected chi connectivity index (χ0v) is 10.2. The molecule has 1 aliphatic heterocycles. The van der Waals surface area contributed by atoms with Crippen LogP contribution in [0.15, 0.2) is 18.5 Å². The molecule has 1 N–H and O–H groups in total. The Morgan fingerprint density at radius 3 is 3.00 bits per heavy atom. The molecular weight excluding hydrogens is 218 g/mol.